The number of aromatic nitrogens is 2. The van der Waals surface area contributed by atoms with E-state index in [4.69, 9.17) is 5.73 Å². The molecule has 0 unspecified atom stereocenters. The number of nitrogens with zero attached hydrogens (tertiary/aromatic N) is 3. The van der Waals surface area contributed by atoms with Gasteiger partial charge in [0, 0.05) is 13.1 Å². The van der Waals surface area contributed by atoms with Gasteiger partial charge in [0.1, 0.15) is 11.4 Å². The second-order valence-corrected chi connectivity index (χ2v) is 3.94. The van der Waals surface area contributed by atoms with Gasteiger partial charge < -0.3 is 11.1 Å². The lowest BCUT2D eigenvalue weighted by Crippen LogP contribution is -2.17. The van der Waals surface area contributed by atoms with Gasteiger partial charge in [-0.05, 0) is 6.07 Å². The van der Waals surface area contributed by atoms with E-state index in [0.717, 1.165) is 6.07 Å². The molecule has 0 aliphatic rings. The third kappa shape index (κ3) is 2.41. The molecule has 2 aromatic rings. The Morgan fingerprint density at radius 1 is 1.55 bits per heavy atom. The first-order valence-electron chi connectivity index (χ1n) is 5.43. The highest BCUT2D eigenvalue weighted by atomic mass is 19.1. The minimum absolute atomic E-state index is 0.324. The van der Waals surface area contributed by atoms with Crippen LogP contribution in [0, 0.1) is 15.9 Å². The molecule has 0 fully saturated rings. The molecule has 1 aromatic heterocycles. The smallest absolute Gasteiger partial charge is 0.285 e. The summed E-state index contributed by atoms with van der Waals surface area (Å²) in [5.41, 5.74) is 4.01. The third-order valence-corrected chi connectivity index (χ3v) is 2.62. The number of carbonyl (C=O) groups is 1. The Balaban J connectivity index is 2.41. The molecule has 2 rings (SSSR count). The summed E-state index contributed by atoms with van der Waals surface area (Å²) in [6.45, 7) is 0. The number of nitrogens with two attached hydrogens (primary N) is 1. The van der Waals surface area contributed by atoms with Gasteiger partial charge in [0.25, 0.3) is 11.6 Å². The zero-order valence-electron chi connectivity index (χ0n) is 10.3. The van der Waals surface area contributed by atoms with Crippen molar-refractivity contribution in [3.05, 3.63) is 45.9 Å². The Labute approximate surface area is 112 Å². The minimum atomic E-state index is -0.950. The maximum atomic E-state index is 13.2. The van der Waals surface area contributed by atoms with Crippen molar-refractivity contribution in [3.8, 4) is 0 Å². The molecule has 8 nitrogen and oxygen atoms in total. The van der Waals surface area contributed by atoms with E-state index >= 15 is 0 Å². The molecule has 0 saturated carbocycles. The summed E-state index contributed by atoms with van der Waals surface area (Å²) in [5.74, 6) is -1.38. The second kappa shape index (κ2) is 4.96. The van der Waals surface area contributed by atoms with Crippen LogP contribution in [0.3, 0.4) is 0 Å². The molecule has 1 heterocycles. The Kier molecular flexibility index (Phi) is 3.34. The van der Waals surface area contributed by atoms with E-state index in [-0.39, 0.29) is 11.3 Å². The van der Waals surface area contributed by atoms with Crippen molar-refractivity contribution in [3.63, 3.8) is 0 Å². The molecular weight excluding hydrogens is 269 g/mol. The molecule has 0 atom stereocenters. The maximum absolute atomic E-state index is 13.2. The maximum Gasteiger partial charge on any atom is 0.285 e. The van der Waals surface area contributed by atoms with Crippen LogP contribution >= 0.6 is 0 Å². The predicted octanol–water partition coefficient (Wildman–Crippen LogP) is 1.30. The molecule has 0 aliphatic heterocycles. The number of carbonyl (C=O) groups excluding carboxylic acids is 1. The molecule has 0 bridgehead atoms. The quantitative estimate of drug-likeness (QED) is 0.499. The molecular formula is C11H10FN5O3. The predicted molar refractivity (Wildman–Crippen MR) is 68.6 cm³/mol. The summed E-state index contributed by atoms with van der Waals surface area (Å²) < 4.78 is 14.6. The number of aryl methyl sites for hydroxylation is 1. The van der Waals surface area contributed by atoms with Gasteiger partial charge in [-0.2, -0.15) is 5.10 Å². The van der Waals surface area contributed by atoms with Crippen LogP contribution in [-0.2, 0) is 7.05 Å². The normalized spacial score (nSPS) is 10.3. The summed E-state index contributed by atoms with van der Waals surface area (Å²) in [7, 11) is 1.59. The number of anilines is 2. The Morgan fingerprint density at radius 2 is 2.25 bits per heavy atom. The van der Waals surface area contributed by atoms with E-state index in [0.29, 0.717) is 11.9 Å². The van der Waals surface area contributed by atoms with Gasteiger partial charge in [0.2, 0.25) is 0 Å². The van der Waals surface area contributed by atoms with Crippen LogP contribution < -0.4 is 11.1 Å². The summed E-state index contributed by atoms with van der Waals surface area (Å²) in [5, 5.41) is 17.1. The van der Waals surface area contributed by atoms with Crippen LogP contribution in [0.2, 0.25) is 0 Å². The number of halogens is 1. The summed E-state index contributed by atoms with van der Waals surface area (Å²) in [6, 6.07) is 3.06. The highest BCUT2D eigenvalue weighted by Crippen LogP contribution is 2.25. The van der Waals surface area contributed by atoms with Crippen molar-refractivity contribution < 1.29 is 14.1 Å². The van der Waals surface area contributed by atoms with Crippen molar-refractivity contribution in [1.29, 1.82) is 0 Å². The number of nitro benzene ring substituents is 1. The molecule has 1 amide bonds. The van der Waals surface area contributed by atoms with Crippen LogP contribution in [0.25, 0.3) is 0 Å². The van der Waals surface area contributed by atoms with Gasteiger partial charge in [-0.25, -0.2) is 4.39 Å². The summed E-state index contributed by atoms with van der Waals surface area (Å²) >= 11 is 0. The van der Waals surface area contributed by atoms with Crippen LogP contribution in [-0.4, -0.2) is 20.6 Å². The molecule has 0 aliphatic carbocycles. The molecule has 9 heteroatoms. The first-order valence-corrected chi connectivity index (χ1v) is 5.43. The van der Waals surface area contributed by atoms with Crippen molar-refractivity contribution in [1.82, 2.24) is 9.78 Å². The van der Waals surface area contributed by atoms with Gasteiger partial charge in [-0.1, -0.05) is 0 Å². The molecule has 3 N–H and O–H groups in total. The van der Waals surface area contributed by atoms with Crippen LogP contribution in [0.5, 0.6) is 0 Å². The number of nitro groups is 1. The van der Waals surface area contributed by atoms with Crippen molar-refractivity contribution >= 4 is 23.1 Å². The lowest BCUT2D eigenvalue weighted by molar-refractivity contribution is -0.385. The van der Waals surface area contributed by atoms with E-state index in [1.807, 2.05) is 0 Å². The summed E-state index contributed by atoms with van der Waals surface area (Å²) in [4.78, 5) is 22.0. The number of benzene rings is 1. The van der Waals surface area contributed by atoms with Crippen LogP contribution in [0.4, 0.5) is 21.6 Å². The minimum Gasteiger partial charge on any atom is -0.396 e. The van der Waals surface area contributed by atoms with E-state index < -0.39 is 22.3 Å². The SMILES string of the molecule is Cn1nccc1NC(=O)c1cc(N)c(F)cc1[N+](=O)[O-]. The standard InChI is InChI=1S/C11H10FN5O3/c1-16-10(2-3-14-16)15-11(18)6-4-8(13)7(12)5-9(6)17(19)20/h2-5H,13H2,1H3,(H,15,18). The van der Waals surface area contributed by atoms with E-state index in [9.17, 15) is 19.3 Å². The largest absolute Gasteiger partial charge is 0.396 e. The lowest BCUT2D eigenvalue weighted by Gasteiger charge is -2.07. The van der Waals surface area contributed by atoms with E-state index in [1.165, 1.54) is 16.9 Å². The average molecular weight is 279 g/mol. The van der Waals surface area contributed by atoms with Gasteiger partial charge in [0.05, 0.1) is 22.9 Å². The Morgan fingerprint density at radius 3 is 2.80 bits per heavy atom. The van der Waals surface area contributed by atoms with Crippen LogP contribution in [0.1, 0.15) is 10.4 Å². The highest BCUT2D eigenvalue weighted by molar-refractivity contribution is 6.07. The second-order valence-electron chi connectivity index (χ2n) is 3.94. The average Bonchev–Trinajstić information content (AvgIpc) is 2.77. The monoisotopic (exact) mass is 279 g/mol. The molecule has 0 spiro atoms. The fourth-order valence-electron chi connectivity index (χ4n) is 1.59. The van der Waals surface area contributed by atoms with Crippen LogP contribution in [0.15, 0.2) is 24.4 Å². The van der Waals surface area contributed by atoms with Crippen molar-refractivity contribution in [2.75, 3.05) is 11.1 Å². The highest BCUT2D eigenvalue weighted by Gasteiger charge is 2.23. The van der Waals surface area contributed by atoms with Gasteiger partial charge in [-0.3, -0.25) is 19.6 Å². The topological polar surface area (TPSA) is 116 Å². The van der Waals surface area contributed by atoms with Gasteiger partial charge in [0.15, 0.2) is 5.82 Å². The number of hydrogen-bond donors (Lipinski definition) is 2. The van der Waals surface area contributed by atoms with Gasteiger partial charge in [-0.15, -0.1) is 0 Å². The number of amides is 1. The fraction of sp³-hybridized carbons (Fsp3) is 0.0909. The number of hydrogen-bond acceptors (Lipinski definition) is 5. The zero-order valence-corrected chi connectivity index (χ0v) is 10.3. The lowest BCUT2D eigenvalue weighted by atomic mass is 10.1. The number of rotatable bonds is 3. The van der Waals surface area contributed by atoms with E-state index in [1.54, 1.807) is 7.05 Å². The third-order valence-electron chi connectivity index (χ3n) is 2.62. The first-order chi connectivity index (χ1) is 9.40. The Bertz CT molecular complexity index is 697. The van der Waals surface area contributed by atoms with E-state index in [2.05, 4.69) is 10.4 Å². The molecule has 104 valence electrons. The number of nitrogens with one attached hydrogen (secondary N) is 1. The zero-order chi connectivity index (χ0) is 14.9. The van der Waals surface area contributed by atoms with Crippen molar-refractivity contribution in [2.24, 2.45) is 7.05 Å². The first kappa shape index (κ1) is 13.5. The molecule has 0 saturated heterocycles. The Hall–Kier alpha value is -2.97. The number of nitrogen functional groups attached to an aromatic ring is 1. The molecule has 0 radical (unpaired) electrons. The molecule has 1 aromatic carbocycles. The fourth-order valence-corrected chi connectivity index (χ4v) is 1.59. The molecule has 20 heavy (non-hydrogen) atoms. The van der Waals surface area contributed by atoms with Gasteiger partial charge >= 0.3 is 0 Å². The van der Waals surface area contributed by atoms with Crippen molar-refractivity contribution in [2.45, 2.75) is 0 Å². The summed E-state index contributed by atoms with van der Waals surface area (Å²) in [6.07, 6.45) is 1.45.